The first-order valence-electron chi connectivity index (χ1n) is 7.92. The van der Waals surface area contributed by atoms with Crippen LogP contribution in [0.15, 0.2) is 24.3 Å². The molecule has 1 saturated heterocycles. The molecule has 0 radical (unpaired) electrons. The van der Waals surface area contributed by atoms with Gasteiger partial charge in [-0.3, -0.25) is 9.69 Å². The van der Waals surface area contributed by atoms with Crippen LogP contribution in [-0.2, 0) is 4.79 Å². The molecule has 0 aromatic heterocycles. The quantitative estimate of drug-likeness (QED) is 0.875. The second-order valence-corrected chi connectivity index (χ2v) is 6.53. The van der Waals surface area contributed by atoms with Gasteiger partial charge >= 0.3 is 0 Å². The van der Waals surface area contributed by atoms with Gasteiger partial charge in [-0.05, 0) is 38.0 Å². The number of hydrogen-bond donors (Lipinski definition) is 2. The molecule has 1 aliphatic heterocycles. The molecule has 0 aliphatic carbocycles. The van der Waals surface area contributed by atoms with Gasteiger partial charge in [0.2, 0.25) is 5.91 Å². The van der Waals surface area contributed by atoms with Crippen molar-refractivity contribution < 1.29 is 9.18 Å². The van der Waals surface area contributed by atoms with E-state index in [1.165, 1.54) is 6.07 Å². The Morgan fingerprint density at radius 2 is 2.27 bits per heavy atom. The highest BCUT2D eigenvalue weighted by Crippen LogP contribution is 2.22. The first kappa shape index (κ1) is 16.9. The molecule has 0 saturated carbocycles. The monoisotopic (exact) mass is 307 g/mol. The minimum Gasteiger partial charge on any atom is -0.350 e. The largest absolute Gasteiger partial charge is 0.350 e. The molecule has 4 nitrogen and oxygen atoms in total. The van der Waals surface area contributed by atoms with Gasteiger partial charge in [0.05, 0.1) is 6.54 Å². The second kappa shape index (κ2) is 7.20. The number of piperazine rings is 1. The van der Waals surface area contributed by atoms with Crippen LogP contribution in [0.5, 0.6) is 0 Å². The zero-order chi connectivity index (χ0) is 16.2. The van der Waals surface area contributed by atoms with Crippen LogP contribution in [0.4, 0.5) is 4.39 Å². The molecule has 0 spiro atoms. The Kier molecular flexibility index (Phi) is 5.53. The van der Waals surface area contributed by atoms with E-state index in [4.69, 9.17) is 0 Å². The highest BCUT2D eigenvalue weighted by Gasteiger charge is 2.27. The predicted molar refractivity (Wildman–Crippen MR) is 86.1 cm³/mol. The fraction of sp³-hybridized carbons (Fsp3) is 0.588. The summed E-state index contributed by atoms with van der Waals surface area (Å²) in [5, 5.41) is 6.38. The lowest BCUT2D eigenvalue weighted by Gasteiger charge is -2.37. The second-order valence-electron chi connectivity index (χ2n) is 6.53. The van der Waals surface area contributed by atoms with Gasteiger partial charge in [0.25, 0.3) is 0 Å². The molecule has 1 heterocycles. The summed E-state index contributed by atoms with van der Waals surface area (Å²) in [5.74, 6) is -0.213. The number of carbonyl (C=O) groups is 1. The van der Waals surface area contributed by atoms with Crippen LogP contribution in [0.2, 0.25) is 0 Å². The third kappa shape index (κ3) is 4.52. The molecule has 2 N–H and O–H groups in total. The predicted octanol–water partition coefficient (Wildman–Crippen LogP) is 2.08. The van der Waals surface area contributed by atoms with E-state index in [1.807, 2.05) is 19.9 Å². The number of rotatable bonds is 5. The van der Waals surface area contributed by atoms with Gasteiger partial charge in [-0.2, -0.15) is 0 Å². The highest BCUT2D eigenvalue weighted by atomic mass is 19.1. The molecule has 22 heavy (non-hydrogen) atoms. The van der Waals surface area contributed by atoms with Crippen molar-refractivity contribution in [3.63, 3.8) is 0 Å². The summed E-state index contributed by atoms with van der Waals surface area (Å²) in [4.78, 5) is 14.4. The molecule has 0 bridgehead atoms. The number of nitrogens with one attached hydrogen (secondary N) is 2. The van der Waals surface area contributed by atoms with Crippen LogP contribution in [0.3, 0.4) is 0 Å². The summed E-state index contributed by atoms with van der Waals surface area (Å²) in [7, 11) is 0. The molecule has 1 aliphatic rings. The zero-order valence-electron chi connectivity index (χ0n) is 13.7. The Balaban J connectivity index is 2.05. The number of hydrogen-bond acceptors (Lipinski definition) is 3. The Bertz CT molecular complexity index is 518. The average Bonchev–Trinajstić information content (AvgIpc) is 2.47. The molecule has 1 fully saturated rings. The molecule has 122 valence electrons. The third-order valence-corrected chi connectivity index (χ3v) is 4.30. The SMILES string of the molecule is CCC(C)(C)NC(=O)CN1CCNCC1c1cccc(F)c1. The molecule has 5 heteroatoms. The Morgan fingerprint density at radius 3 is 2.95 bits per heavy atom. The number of amides is 1. The Morgan fingerprint density at radius 1 is 1.50 bits per heavy atom. The van der Waals surface area contributed by atoms with E-state index in [0.717, 1.165) is 31.6 Å². The summed E-state index contributed by atoms with van der Waals surface area (Å²) in [6.07, 6.45) is 0.883. The van der Waals surface area contributed by atoms with E-state index >= 15 is 0 Å². The summed E-state index contributed by atoms with van der Waals surface area (Å²) < 4.78 is 13.5. The first-order valence-corrected chi connectivity index (χ1v) is 7.92. The Hall–Kier alpha value is -1.46. The first-order chi connectivity index (χ1) is 10.4. The van der Waals surface area contributed by atoms with Crippen LogP contribution >= 0.6 is 0 Å². The normalized spacial score (nSPS) is 19.9. The number of halogens is 1. The molecule has 1 amide bonds. The minimum atomic E-state index is -0.236. The zero-order valence-corrected chi connectivity index (χ0v) is 13.7. The van der Waals surface area contributed by atoms with E-state index in [0.29, 0.717) is 6.54 Å². The molecule has 1 aromatic carbocycles. The van der Waals surface area contributed by atoms with Crippen molar-refractivity contribution in [3.05, 3.63) is 35.6 Å². The molecule has 1 atom stereocenters. The standard InChI is InChI=1S/C17H26FN3O/c1-4-17(2,3)20-16(22)12-21-9-8-19-11-15(21)13-6-5-7-14(18)10-13/h5-7,10,15,19H,4,8-9,11-12H2,1-3H3,(H,20,22). The van der Waals surface area contributed by atoms with Gasteiger partial charge < -0.3 is 10.6 Å². The van der Waals surface area contributed by atoms with Crippen molar-refractivity contribution in [2.45, 2.75) is 38.8 Å². The fourth-order valence-electron chi connectivity index (χ4n) is 2.67. The van der Waals surface area contributed by atoms with Gasteiger partial charge in [0.15, 0.2) is 0 Å². The number of carbonyl (C=O) groups excluding carboxylic acids is 1. The van der Waals surface area contributed by atoms with Gasteiger partial charge in [-0.25, -0.2) is 4.39 Å². The van der Waals surface area contributed by atoms with Crippen molar-refractivity contribution in [2.75, 3.05) is 26.2 Å². The lowest BCUT2D eigenvalue weighted by Crippen LogP contribution is -2.52. The van der Waals surface area contributed by atoms with Gasteiger partial charge in [0, 0.05) is 31.2 Å². The number of nitrogens with zero attached hydrogens (tertiary/aromatic N) is 1. The summed E-state index contributed by atoms with van der Waals surface area (Å²) in [6.45, 7) is 8.79. The van der Waals surface area contributed by atoms with Gasteiger partial charge in [-0.15, -0.1) is 0 Å². The maximum absolute atomic E-state index is 13.5. The van der Waals surface area contributed by atoms with Crippen LogP contribution in [0.25, 0.3) is 0 Å². The number of benzene rings is 1. The molecular weight excluding hydrogens is 281 g/mol. The van der Waals surface area contributed by atoms with E-state index in [-0.39, 0.29) is 23.3 Å². The summed E-state index contributed by atoms with van der Waals surface area (Å²) >= 11 is 0. The molecular formula is C17H26FN3O. The third-order valence-electron chi connectivity index (χ3n) is 4.30. The highest BCUT2D eigenvalue weighted by molar-refractivity contribution is 5.78. The molecule has 1 unspecified atom stereocenters. The van der Waals surface area contributed by atoms with Gasteiger partial charge in [-0.1, -0.05) is 19.1 Å². The van der Waals surface area contributed by atoms with E-state index in [1.54, 1.807) is 12.1 Å². The Labute approximate surface area is 132 Å². The lowest BCUT2D eigenvalue weighted by atomic mass is 10.0. The maximum atomic E-state index is 13.5. The van der Waals surface area contributed by atoms with Crippen molar-refractivity contribution >= 4 is 5.91 Å². The van der Waals surface area contributed by atoms with Crippen LogP contribution in [0, 0.1) is 5.82 Å². The summed E-state index contributed by atoms with van der Waals surface area (Å²) in [5.41, 5.74) is 0.717. The van der Waals surface area contributed by atoms with Crippen molar-refractivity contribution in [3.8, 4) is 0 Å². The molecule has 1 aromatic rings. The van der Waals surface area contributed by atoms with E-state index in [2.05, 4.69) is 22.5 Å². The van der Waals surface area contributed by atoms with Crippen molar-refractivity contribution in [2.24, 2.45) is 0 Å². The minimum absolute atomic E-state index is 0.0233. The van der Waals surface area contributed by atoms with E-state index in [9.17, 15) is 9.18 Å². The lowest BCUT2D eigenvalue weighted by molar-refractivity contribution is -0.124. The smallest absolute Gasteiger partial charge is 0.234 e. The molecule has 2 rings (SSSR count). The van der Waals surface area contributed by atoms with Gasteiger partial charge in [0.1, 0.15) is 5.82 Å². The average molecular weight is 307 g/mol. The van der Waals surface area contributed by atoms with E-state index < -0.39 is 0 Å². The summed E-state index contributed by atoms with van der Waals surface area (Å²) in [6, 6.07) is 6.67. The maximum Gasteiger partial charge on any atom is 0.234 e. The van der Waals surface area contributed by atoms with Crippen molar-refractivity contribution in [1.82, 2.24) is 15.5 Å². The van der Waals surface area contributed by atoms with Crippen LogP contribution in [0.1, 0.15) is 38.8 Å². The topological polar surface area (TPSA) is 44.4 Å². The van der Waals surface area contributed by atoms with Crippen LogP contribution < -0.4 is 10.6 Å². The van der Waals surface area contributed by atoms with Crippen LogP contribution in [-0.4, -0.2) is 42.5 Å². The fourth-order valence-corrected chi connectivity index (χ4v) is 2.67. The van der Waals surface area contributed by atoms with Crippen molar-refractivity contribution in [1.29, 1.82) is 0 Å².